The summed E-state index contributed by atoms with van der Waals surface area (Å²) in [5.41, 5.74) is 1.10. The molecule has 2 aromatic rings. The van der Waals surface area contributed by atoms with Gasteiger partial charge in [-0.25, -0.2) is 0 Å². The van der Waals surface area contributed by atoms with Crippen molar-refractivity contribution in [2.24, 2.45) is 0 Å². The van der Waals surface area contributed by atoms with Gasteiger partial charge in [0.15, 0.2) is 0 Å². The first-order valence-corrected chi connectivity index (χ1v) is 8.25. The summed E-state index contributed by atoms with van der Waals surface area (Å²) in [5, 5.41) is 4.21. The number of halogens is 2. The SMILES string of the molecule is CNC(CS(=O)c1cc(Cl)ccc1Cl)c1ccccc1. The molecule has 20 heavy (non-hydrogen) atoms. The van der Waals surface area contributed by atoms with E-state index in [1.165, 1.54) is 0 Å². The van der Waals surface area contributed by atoms with Crippen LogP contribution in [0.1, 0.15) is 11.6 Å². The Bertz CT molecular complexity index is 604. The first-order valence-electron chi connectivity index (χ1n) is 6.17. The third-order valence-electron chi connectivity index (χ3n) is 3.01. The molecular formula is C15H15Cl2NOS. The molecule has 5 heteroatoms. The summed E-state index contributed by atoms with van der Waals surface area (Å²) in [6, 6.07) is 15.0. The second-order valence-corrected chi connectivity index (χ2v) is 6.65. The largest absolute Gasteiger partial charge is 0.312 e. The minimum atomic E-state index is -1.21. The molecule has 0 fully saturated rings. The Morgan fingerprint density at radius 1 is 1.15 bits per heavy atom. The molecule has 0 aliphatic carbocycles. The van der Waals surface area contributed by atoms with E-state index in [-0.39, 0.29) is 6.04 Å². The van der Waals surface area contributed by atoms with Gasteiger partial charge in [0.2, 0.25) is 0 Å². The maximum Gasteiger partial charge on any atom is 0.0589 e. The summed E-state index contributed by atoms with van der Waals surface area (Å²) in [5.74, 6) is 0.445. The van der Waals surface area contributed by atoms with Gasteiger partial charge in [0, 0.05) is 16.8 Å². The fourth-order valence-corrected chi connectivity index (χ4v) is 3.92. The predicted molar refractivity (Wildman–Crippen MR) is 86.0 cm³/mol. The fourth-order valence-electron chi connectivity index (χ4n) is 1.92. The van der Waals surface area contributed by atoms with Crippen LogP contribution in [-0.2, 0) is 10.8 Å². The molecule has 0 bridgehead atoms. The van der Waals surface area contributed by atoms with Gasteiger partial charge >= 0.3 is 0 Å². The van der Waals surface area contributed by atoms with Crippen molar-refractivity contribution in [1.82, 2.24) is 5.32 Å². The average Bonchev–Trinajstić information content (AvgIpc) is 2.48. The molecule has 106 valence electrons. The Labute approximate surface area is 131 Å². The minimum absolute atomic E-state index is 0.00656. The normalized spacial score (nSPS) is 13.9. The monoisotopic (exact) mass is 327 g/mol. The summed E-state index contributed by atoms with van der Waals surface area (Å²) < 4.78 is 12.5. The Morgan fingerprint density at radius 3 is 2.50 bits per heavy atom. The van der Waals surface area contributed by atoms with Gasteiger partial charge in [-0.05, 0) is 30.8 Å². The molecule has 2 atom stereocenters. The van der Waals surface area contributed by atoms with Crippen molar-refractivity contribution in [1.29, 1.82) is 0 Å². The van der Waals surface area contributed by atoms with Gasteiger partial charge < -0.3 is 5.32 Å². The van der Waals surface area contributed by atoms with Crippen molar-refractivity contribution >= 4 is 34.0 Å². The second-order valence-electron chi connectivity index (χ2n) is 4.34. The topological polar surface area (TPSA) is 29.1 Å². The smallest absolute Gasteiger partial charge is 0.0589 e. The molecule has 2 rings (SSSR count). The summed E-state index contributed by atoms with van der Waals surface area (Å²) in [6.07, 6.45) is 0. The highest BCUT2D eigenvalue weighted by Crippen LogP contribution is 2.26. The van der Waals surface area contributed by atoms with Gasteiger partial charge in [0.25, 0.3) is 0 Å². The molecule has 1 N–H and O–H groups in total. The second kappa shape index (κ2) is 7.23. The van der Waals surface area contributed by atoms with Crippen molar-refractivity contribution in [2.75, 3.05) is 12.8 Å². The molecular weight excluding hydrogens is 313 g/mol. The number of rotatable bonds is 5. The molecule has 2 aromatic carbocycles. The molecule has 0 heterocycles. The molecule has 2 nitrogen and oxygen atoms in total. The lowest BCUT2D eigenvalue weighted by Gasteiger charge is -2.16. The zero-order valence-corrected chi connectivity index (χ0v) is 13.3. The third-order valence-corrected chi connectivity index (χ3v) is 5.15. The van der Waals surface area contributed by atoms with E-state index < -0.39 is 10.8 Å². The molecule has 0 radical (unpaired) electrons. The Hall–Kier alpha value is -0.870. The average molecular weight is 328 g/mol. The highest BCUT2D eigenvalue weighted by atomic mass is 35.5. The number of nitrogens with one attached hydrogen (secondary N) is 1. The van der Waals surface area contributed by atoms with Crippen LogP contribution >= 0.6 is 23.2 Å². The van der Waals surface area contributed by atoms with E-state index >= 15 is 0 Å². The van der Waals surface area contributed by atoms with Gasteiger partial charge in [-0.15, -0.1) is 0 Å². The first kappa shape index (κ1) is 15.5. The lowest BCUT2D eigenvalue weighted by molar-refractivity contribution is 0.636. The Balaban J connectivity index is 2.20. The van der Waals surface area contributed by atoms with Crippen LogP contribution in [0.15, 0.2) is 53.4 Å². The number of hydrogen-bond acceptors (Lipinski definition) is 2. The molecule has 0 aliphatic heterocycles. The van der Waals surface area contributed by atoms with E-state index in [4.69, 9.17) is 23.2 Å². The van der Waals surface area contributed by atoms with Crippen LogP contribution in [-0.4, -0.2) is 17.0 Å². The molecule has 0 aliphatic rings. The van der Waals surface area contributed by atoms with Crippen LogP contribution in [0.4, 0.5) is 0 Å². The van der Waals surface area contributed by atoms with Crippen molar-refractivity contribution in [2.45, 2.75) is 10.9 Å². The quantitative estimate of drug-likeness (QED) is 0.897. The summed E-state index contributed by atoms with van der Waals surface area (Å²) in [7, 11) is 0.641. The summed E-state index contributed by atoms with van der Waals surface area (Å²) in [4.78, 5) is 0.579. The Kier molecular flexibility index (Phi) is 5.61. The third kappa shape index (κ3) is 3.83. The van der Waals surface area contributed by atoms with Crippen LogP contribution in [0, 0.1) is 0 Å². The van der Waals surface area contributed by atoms with Crippen LogP contribution in [0.5, 0.6) is 0 Å². The highest BCUT2D eigenvalue weighted by Gasteiger charge is 2.16. The van der Waals surface area contributed by atoms with Crippen molar-refractivity contribution in [3.05, 3.63) is 64.1 Å². The highest BCUT2D eigenvalue weighted by molar-refractivity contribution is 7.85. The molecule has 0 aromatic heterocycles. The van der Waals surface area contributed by atoms with Gasteiger partial charge in [0.1, 0.15) is 0 Å². The zero-order chi connectivity index (χ0) is 14.5. The summed E-state index contributed by atoms with van der Waals surface area (Å²) in [6.45, 7) is 0. The molecule has 0 spiro atoms. The number of benzene rings is 2. The van der Waals surface area contributed by atoms with E-state index in [2.05, 4.69) is 5.32 Å². The van der Waals surface area contributed by atoms with E-state index in [0.29, 0.717) is 20.7 Å². The number of hydrogen-bond donors (Lipinski definition) is 1. The summed E-state index contributed by atoms with van der Waals surface area (Å²) >= 11 is 12.0. The first-order chi connectivity index (χ1) is 9.61. The van der Waals surface area contributed by atoms with E-state index in [9.17, 15) is 4.21 Å². The fraction of sp³-hybridized carbons (Fsp3) is 0.200. The van der Waals surface area contributed by atoms with E-state index in [1.807, 2.05) is 37.4 Å². The maximum absolute atomic E-state index is 12.5. The van der Waals surface area contributed by atoms with Crippen molar-refractivity contribution < 1.29 is 4.21 Å². The van der Waals surface area contributed by atoms with Gasteiger partial charge in [-0.1, -0.05) is 53.5 Å². The van der Waals surface area contributed by atoms with Crippen LogP contribution in [0.3, 0.4) is 0 Å². The van der Waals surface area contributed by atoms with Crippen LogP contribution < -0.4 is 5.32 Å². The lowest BCUT2D eigenvalue weighted by atomic mass is 10.1. The maximum atomic E-state index is 12.5. The molecule has 0 amide bonds. The van der Waals surface area contributed by atoms with E-state index in [0.717, 1.165) is 5.56 Å². The van der Waals surface area contributed by atoms with Gasteiger partial charge in [-0.3, -0.25) is 4.21 Å². The van der Waals surface area contributed by atoms with Crippen molar-refractivity contribution in [3.63, 3.8) is 0 Å². The molecule has 0 saturated carbocycles. The van der Waals surface area contributed by atoms with Gasteiger partial charge in [0.05, 0.1) is 20.7 Å². The Morgan fingerprint density at radius 2 is 1.85 bits per heavy atom. The molecule has 2 unspecified atom stereocenters. The van der Waals surface area contributed by atoms with Crippen molar-refractivity contribution in [3.8, 4) is 0 Å². The minimum Gasteiger partial charge on any atom is -0.312 e. The zero-order valence-electron chi connectivity index (χ0n) is 11.0. The standard InChI is InChI=1S/C15H15Cl2NOS/c1-18-14(11-5-3-2-4-6-11)10-20(19)15-9-12(16)7-8-13(15)17/h2-9,14,18H,10H2,1H3. The molecule has 0 saturated heterocycles. The predicted octanol–water partition coefficient (Wildman–Crippen LogP) is 4.06. The van der Waals surface area contributed by atoms with Crippen LogP contribution in [0.2, 0.25) is 10.0 Å². The van der Waals surface area contributed by atoms with E-state index in [1.54, 1.807) is 18.2 Å². The van der Waals surface area contributed by atoms with Crippen LogP contribution in [0.25, 0.3) is 0 Å². The van der Waals surface area contributed by atoms with Gasteiger partial charge in [-0.2, -0.15) is 0 Å². The lowest BCUT2D eigenvalue weighted by Crippen LogP contribution is -2.22.